The Kier molecular flexibility index (Phi) is 5.41. The Morgan fingerprint density at radius 3 is 2.70 bits per heavy atom. The van der Waals surface area contributed by atoms with Gasteiger partial charge in [0.05, 0.1) is 13.2 Å². The molecule has 0 radical (unpaired) electrons. The number of carbonyl (C=O) groups is 1. The number of morpholine rings is 1. The lowest BCUT2D eigenvalue weighted by Gasteiger charge is -2.34. The Morgan fingerprint density at radius 1 is 1.11 bits per heavy atom. The molecule has 2 heterocycles. The molecule has 0 aliphatic carbocycles. The largest absolute Gasteiger partial charge is 0.378 e. The van der Waals surface area contributed by atoms with Gasteiger partial charge in [0.1, 0.15) is 0 Å². The standard InChI is InChI=1S/C22H27N3O2/c1-24-16-19-6-3-2-5-17(19)13-21(24)15-23-22(26)18-7-4-8-20(14-18)25-9-11-27-12-10-25/h2-8,14,21H,9-13,15-16H2,1H3,(H,23,26)/t21-/m1/s1. The van der Waals surface area contributed by atoms with Crippen LogP contribution in [0.15, 0.2) is 48.5 Å². The molecule has 0 bridgehead atoms. The van der Waals surface area contributed by atoms with Crippen LogP contribution in [0.4, 0.5) is 5.69 Å². The van der Waals surface area contributed by atoms with Crippen molar-refractivity contribution >= 4 is 11.6 Å². The number of hydrogen-bond acceptors (Lipinski definition) is 4. The zero-order valence-electron chi connectivity index (χ0n) is 15.9. The van der Waals surface area contributed by atoms with Gasteiger partial charge < -0.3 is 15.0 Å². The van der Waals surface area contributed by atoms with Gasteiger partial charge in [-0.15, -0.1) is 0 Å². The lowest BCUT2D eigenvalue weighted by molar-refractivity contribution is 0.0934. The number of benzene rings is 2. The summed E-state index contributed by atoms with van der Waals surface area (Å²) in [5, 5.41) is 3.14. The van der Waals surface area contributed by atoms with Gasteiger partial charge in [0.25, 0.3) is 5.91 Å². The Labute approximate surface area is 160 Å². The van der Waals surface area contributed by atoms with Crippen LogP contribution in [0.1, 0.15) is 21.5 Å². The first-order chi connectivity index (χ1) is 13.2. The van der Waals surface area contributed by atoms with Crippen LogP contribution < -0.4 is 10.2 Å². The smallest absolute Gasteiger partial charge is 0.251 e. The van der Waals surface area contributed by atoms with Gasteiger partial charge >= 0.3 is 0 Å². The van der Waals surface area contributed by atoms with Crippen molar-refractivity contribution in [3.05, 3.63) is 65.2 Å². The highest BCUT2D eigenvalue weighted by molar-refractivity contribution is 5.95. The molecule has 2 aromatic rings. The molecule has 0 spiro atoms. The maximum absolute atomic E-state index is 12.7. The zero-order chi connectivity index (χ0) is 18.6. The molecule has 2 aromatic carbocycles. The summed E-state index contributed by atoms with van der Waals surface area (Å²) in [6.45, 7) is 4.82. The molecule has 1 saturated heterocycles. The Balaban J connectivity index is 1.38. The maximum atomic E-state index is 12.7. The second-order valence-corrected chi connectivity index (χ2v) is 7.40. The molecule has 2 aliphatic heterocycles. The van der Waals surface area contributed by atoms with E-state index in [9.17, 15) is 4.79 Å². The van der Waals surface area contributed by atoms with Crippen molar-refractivity contribution < 1.29 is 9.53 Å². The molecule has 2 aliphatic rings. The van der Waals surface area contributed by atoms with E-state index in [2.05, 4.69) is 52.5 Å². The van der Waals surface area contributed by atoms with Crippen molar-refractivity contribution in [2.75, 3.05) is 44.8 Å². The van der Waals surface area contributed by atoms with Gasteiger partial charge in [0, 0.05) is 43.5 Å². The van der Waals surface area contributed by atoms with Gasteiger partial charge in [-0.3, -0.25) is 9.69 Å². The number of fused-ring (bicyclic) bond motifs is 1. The van der Waals surface area contributed by atoms with Crippen LogP contribution in [0.2, 0.25) is 0 Å². The van der Waals surface area contributed by atoms with Crippen LogP contribution >= 0.6 is 0 Å². The molecule has 0 saturated carbocycles. The minimum absolute atomic E-state index is 0.00244. The number of nitrogens with zero attached hydrogens (tertiary/aromatic N) is 2. The van der Waals surface area contributed by atoms with E-state index in [1.54, 1.807) is 0 Å². The third kappa shape index (κ3) is 4.15. The van der Waals surface area contributed by atoms with Gasteiger partial charge in [-0.25, -0.2) is 0 Å². The van der Waals surface area contributed by atoms with E-state index >= 15 is 0 Å². The molecular weight excluding hydrogens is 338 g/mol. The summed E-state index contributed by atoms with van der Waals surface area (Å²) in [6, 6.07) is 16.8. The topological polar surface area (TPSA) is 44.8 Å². The fraction of sp³-hybridized carbons (Fsp3) is 0.409. The molecule has 5 heteroatoms. The highest BCUT2D eigenvalue weighted by atomic mass is 16.5. The molecule has 1 fully saturated rings. The summed E-state index contributed by atoms with van der Waals surface area (Å²) in [5.74, 6) is -0.00244. The van der Waals surface area contributed by atoms with Crippen molar-refractivity contribution in [1.29, 1.82) is 0 Å². The van der Waals surface area contributed by atoms with E-state index in [1.165, 1.54) is 11.1 Å². The minimum atomic E-state index is -0.00244. The van der Waals surface area contributed by atoms with Crippen LogP contribution in [0, 0.1) is 0 Å². The minimum Gasteiger partial charge on any atom is -0.378 e. The van der Waals surface area contributed by atoms with E-state index in [0.717, 1.165) is 50.5 Å². The van der Waals surface area contributed by atoms with E-state index < -0.39 is 0 Å². The monoisotopic (exact) mass is 365 g/mol. The second kappa shape index (κ2) is 8.11. The highest BCUT2D eigenvalue weighted by Crippen LogP contribution is 2.22. The number of amides is 1. The van der Waals surface area contributed by atoms with Crippen LogP contribution in [0.5, 0.6) is 0 Å². The molecular formula is C22H27N3O2. The number of likely N-dealkylation sites (N-methyl/N-ethyl adjacent to an activating group) is 1. The normalized spacial score (nSPS) is 20.2. The summed E-state index contributed by atoms with van der Waals surface area (Å²) in [5.41, 5.74) is 4.59. The summed E-state index contributed by atoms with van der Waals surface area (Å²) in [6.07, 6.45) is 0.973. The molecule has 1 N–H and O–H groups in total. The molecule has 1 atom stereocenters. The SMILES string of the molecule is CN1Cc2ccccc2C[C@@H]1CNC(=O)c1cccc(N2CCOCC2)c1. The Bertz CT molecular complexity index is 802. The first-order valence-corrected chi connectivity index (χ1v) is 9.69. The van der Waals surface area contributed by atoms with Crippen LogP contribution in [0.25, 0.3) is 0 Å². The predicted molar refractivity (Wildman–Crippen MR) is 107 cm³/mol. The average molecular weight is 365 g/mol. The Morgan fingerprint density at radius 2 is 1.89 bits per heavy atom. The van der Waals surface area contributed by atoms with Crippen LogP contribution in [-0.2, 0) is 17.7 Å². The van der Waals surface area contributed by atoms with E-state index in [4.69, 9.17) is 4.74 Å². The molecule has 0 aromatic heterocycles. The fourth-order valence-electron chi connectivity index (χ4n) is 3.92. The van der Waals surface area contributed by atoms with Crippen LogP contribution in [-0.4, -0.2) is 56.7 Å². The average Bonchev–Trinajstić information content (AvgIpc) is 2.72. The molecule has 1 amide bonds. The summed E-state index contributed by atoms with van der Waals surface area (Å²) >= 11 is 0. The third-order valence-electron chi connectivity index (χ3n) is 5.60. The van der Waals surface area contributed by atoms with Crippen molar-refractivity contribution in [3.8, 4) is 0 Å². The quantitative estimate of drug-likeness (QED) is 0.903. The fourth-order valence-corrected chi connectivity index (χ4v) is 3.92. The second-order valence-electron chi connectivity index (χ2n) is 7.40. The molecule has 0 unspecified atom stereocenters. The first kappa shape index (κ1) is 18.0. The number of hydrogen-bond donors (Lipinski definition) is 1. The summed E-state index contributed by atoms with van der Waals surface area (Å²) in [7, 11) is 2.13. The number of rotatable bonds is 4. The molecule has 5 nitrogen and oxygen atoms in total. The predicted octanol–water partition coefficient (Wildman–Crippen LogP) is 2.31. The number of nitrogens with one attached hydrogen (secondary N) is 1. The van der Waals surface area contributed by atoms with E-state index in [-0.39, 0.29) is 5.91 Å². The van der Waals surface area contributed by atoms with Crippen molar-refractivity contribution in [3.63, 3.8) is 0 Å². The lowest BCUT2D eigenvalue weighted by Crippen LogP contribution is -2.45. The Hall–Kier alpha value is -2.37. The van der Waals surface area contributed by atoms with Crippen molar-refractivity contribution in [1.82, 2.24) is 10.2 Å². The third-order valence-corrected chi connectivity index (χ3v) is 5.60. The molecule has 4 rings (SSSR count). The first-order valence-electron chi connectivity index (χ1n) is 9.69. The molecule has 27 heavy (non-hydrogen) atoms. The van der Waals surface area contributed by atoms with Crippen LogP contribution in [0.3, 0.4) is 0 Å². The van der Waals surface area contributed by atoms with Gasteiger partial charge in [0.15, 0.2) is 0 Å². The maximum Gasteiger partial charge on any atom is 0.251 e. The number of ether oxygens (including phenoxy) is 1. The summed E-state index contributed by atoms with van der Waals surface area (Å²) in [4.78, 5) is 17.3. The van der Waals surface area contributed by atoms with Gasteiger partial charge in [-0.2, -0.15) is 0 Å². The van der Waals surface area contributed by atoms with Gasteiger partial charge in [-0.1, -0.05) is 30.3 Å². The zero-order valence-corrected chi connectivity index (χ0v) is 15.9. The van der Waals surface area contributed by atoms with Gasteiger partial charge in [0.2, 0.25) is 0 Å². The van der Waals surface area contributed by atoms with Gasteiger partial charge in [-0.05, 0) is 42.8 Å². The van der Waals surface area contributed by atoms with E-state index in [0.29, 0.717) is 12.6 Å². The molecule has 142 valence electrons. The lowest BCUT2D eigenvalue weighted by atomic mass is 9.94. The van der Waals surface area contributed by atoms with Crippen molar-refractivity contribution in [2.24, 2.45) is 0 Å². The number of carbonyl (C=O) groups excluding carboxylic acids is 1. The number of anilines is 1. The summed E-state index contributed by atoms with van der Waals surface area (Å²) < 4.78 is 5.41. The van der Waals surface area contributed by atoms with E-state index in [1.807, 2.05) is 18.2 Å². The van der Waals surface area contributed by atoms with Crippen molar-refractivity contribution in [2.45, 2.75) is 19.0 Å². The highest BCUT2D eigenvalue weighted by Gasteiger charge is 2.23.